The largest absolute Gasteiger partial charge is 0.383 e. The fraction of sp³-hybridized carbons (Fsp3) is 0.647. The van der Waals surface area contributed by atoms with Crippen molar-refractivity contribution in [3.05, 3.63) is 34.9 Å². The van der Waals surface area contributed by atoms with Crippen LogP contribution in [0.1, 0.15) is 38.8 Å². The molecule has 21 heavy (non-hydrogen) atoms. The molecule has 0 aromatic heterocycles. The van der Waals surface area contributed by atoms with E-state index in [1.165, 1.54) is 5.56 Å². The number of hydrogen-bond acceptors (Lipinski definition) is 3. The first-order valence-electron chi connectivity index (χ1n) is 7.84. The zero-order valence-corrected chi connectivity index (χ0v) is 14.5. The fourth-order valence-corrected chi connectivity index (χ4v) is 2.89. The standard InChI is InChI=1S/C17H29ClN2O/c1-5-19-17(15-8-7-9-16(18)12-15)10-11-20(6-2)14(3)13-21-4/h7-9,12,14,17,19H,5-6,10-11,13H2,1-4H3. The summed E-state index contributed by atoms with van der Waals surface area (Å²) in [5, 5.41) is 4.36. The topological polar surface area (TPSA) is 24.5 Å². The van der Waals surface area contributed by atoms with Gasteiger partial charge in [-0.3, -0.25) is 4.90 Å². The Morgan fingerprint density at radius 3 is 2.67 bits per heavy atom. The maximum atomic E-state index is 6.12. The molecule has 0 aliphatic heterocycles. The average Bonchev–Trinajstić information content (AvgIpc) is 2.47. The molecular formula is C17H29ClN2O. The SMILES string of the molecule is CCNC(CCN(CC)C(C)COC)c1cccc(Cl)c1. The number of nitrogens with zero attached hydrogens (tertiary/aromatic N) is 1. The molecule has 2 unspecified atom stereocenters. The summed E-state index contributed by atoms with van der Waals surface area (Å²) in [5.74, 6) is 0. The second-order valence-electron chi connectivity index (χ2n) is 5.39. The molecule has 3 nitrogen and oxygen atoms in total. The van der Waals surface area contributed by atoms with Gasteiger partial charge in [-0.25, -0.2) is 0 Å². The summed E-state index contributed by atoms with van der Waals surface area (Å²) in [6, 6.07) is 8.94. The molecule has 1 aromatic rings. The van der Waals surface area contributed by atoms with Crippen molar-refractivity contribution in [2.75, 3.05) is 33.4 Å². The number of ether oxygens (including phenoxy) is 1. The van der Waals surface area contributed by atoms with Crippen molar-refractivity contribution >= 4 is 11.6 Å². The summed E-state index contributed by atoms with van der Waals surface area (Å²) < 4.78 is 5.27. The zero-order chi connectivity index (χ0) is 15.7. The highest BCUT2D eigenvalue weighted by Crippen LogP contribution is 2.21. The molecule has 0 aliphatic rings. The fourth-order valence-electron chi connectivity index (χ4n) is 2.69. The van der Waals surface area contributed by atoms with Crippen LogP contribution in [-0.2, 0) is 4.74 Å². The van der Waals surface area contributed by atoms with Gasteiger partial charge in [-0.05, 0) is 44.1 Å². The van der Waals surface area contributed by atoms with Gasteiger partial charge in [-0.15, -0.1) is 0 Å². The summed E-state index contributed by atoms with van der Waals surface area (Å²) in [4.78, 5) is 2.46. The molecule has 1 aromatic carbocycles. The van der Waals surface area contributed by atoms with Crippen molar-refractivity contribution in [2.24, 2.45) is 0 Å². The van der Waals surface area contributed by atoms with Crippen LogP contribution >= 0.6 is 11.6 Å². The third-order valence-corrected chi connectivity index (χ3v) is 4.08. The molecule has 1 N–H and O–H groups in total. The van der Waals surface area contributed by atoms with Crippen LogP contribution in [0.2, 0.25) is 5.02 Å². The molecule has 0 spiro atoms. The molecular weight excluding hydrogens is 284 g/mol. The van der Waals surface area contributed by atoms with Gasteiger partial charge in [0.15, 0.2) is 0 Å². The molecule has 4 heteroatoms. The summed E-state index contributed by atoms with van der Waals surface area (Å²) in [5.41, 5.74) is 1.26. The van der Waals surface area contributed by atoms with Crippen molar-refractivity contribution < 1.29 is 4.74 Å². The van der Waals surface area contributed by atoms with E-state index < -0.39 is 0 Å². The Morgan fingerprint density at radius 2 is 2.10 bits per heavy atom. The number of rotatable bonds is 10. The number of likely N-dealkylation sites (N-methyl/N-ethyl adjacent to an activating group) is 1. The lowest BCUT2D eigenvalue weighted by molar-refractivity contribution is 0.0997. The van der Waals surface area contributed by atoms with Crippen LogP contribution in [0.4, 0.5) is 0 Å². The Balaban J connectivity index is 2.65. The molecule has 0 aliphatic carbocycles. The highest BCUT2D eigenvalue weighted by molar-refractivity contribution is 6.30. The van der Waals surface area contributed by atoms with E-state index in [1.54, 1.807) is 7.11 Å². The Labute approximate surface area is 134 Å². The molecule has 0 fully saturated rings. The van der Waals surface area contributed by atoms with Gasteiger partial charge >= 0.3 is 0 Å². The van der Waals surface area contributed by atoms with Crippen LogP contribution in [-0.4, -0.2) is 44.3 Å². The smallest absolute Gasteiger partial charge is 0.0615 e. The molecule has 0 radical (unpaired) electrons. The van der Waals surface area contributed by atoms with E-state index in [2.05, 4.69) is 43.1 Å². The molecule has 0 amide bonds. The van der Waals surface area contributed by atoms with Gasteiger partial charge in [0.2, 0.25) is 0 Å². The van der Waals surface area contributed by atoms with Crippen LogP contribution in [0.3, 0.4) is 0 Å². The number of nitrogens with one attached hydrogen (secondary N) is 1. The van der Waals surface area contributed by atoms with Gasteiger partial charge in [0, 0.05) is 30.8 Å². The lowest BCUT2D eigenvalue weighted by atomic mass is 10.0. The second kappa shape index (κ2) is 10.2. The number of halogens is 1. The predicted octanol–water partition coefficient (Wildman–Crippen LogP) is 3.74. The Hall–Kier alpha value is -0.610. The van der Waals surface area contributed by atoms with Crippen LogP contribution in [0.15, 0.2) is 24.3 Å². The number of hydrogen-bond donors (Lipinski definition) is 1. The Kier molecular flexibility index (Phi) is 8.93. The lowest BCUT2D eigenvalue weighted by Crippen LogP contribution is -2.38. The number of methoxy groups -OCH3 is 1. The molecule has 0 saturated carbocycles. The van der Waals surface area contributed by atoms with Crippen molar-refractivity contribution in [3.63, 3.8) is 0 Å². The van der Waals surface area contributed by atoms with E-state index in [9.17, 15) is 0 Å². The monoisotopic (exact) mass is 312 g/mol. The van der Waals surface area contributed by atoms with Gasteiger partial charge in [0.25, 0.3) is 0 Å². The Bertz CT molecular complexity index is 400. The van der Waals surface area contributed by atoms with E-state index in [-0.39, 0.29) is 0 Å². The third kappa shape index (κ3) is 6.35. The highest BCUT2D eigenvalue weighted by Gasteiger charge is 2.16. The molecule has 0 saturated heterocycles. The van der Waals surface area contributed by atoms with Gasteiger partial charge in [0.1, 0.15) is 0 Å². The highest BCUT2D eigenvalue weighted by atomic mass is 35.5. The van der Waals surface area contributed by atoms with Gasteiger partial charge < -0.3 is 10.1 Å². The van der Waals surface area contributed by atoms with E-state index in [1.807, 2.05) is 12.1 Å². The minimum absolute atomic E-state index is 0.345. The number of benzene rings is 1. The summed E-state index contributed by atoms with van der Waals surface area (Å²) in [6.07, 6.45) is 1.07. The maximum Gasteiger partial charge on any atom is 0.0615 e. The first-order chi connectivity index (χ1) is 10.1. The second-order valence-corrected chi connectivity index (χ2v) is 5.82. The zero-order valence-electron chi connectivity index (χ0n) is 13.7. The lowest BCUT2D eigenvalue weighted by Gasteiger charge is -2.29. The van der Waals surface area contributed by atoms with Crippen molar-refractivity contribution in [2.45, 2.75) is 39.3 Å². The predicted molar refractivity (Wildman–Crippen MR) is 91.1 cm³/mol. The quantitative estimate of drug-likeness (QED) is 0.712. The Morgan fingerprint density at radius 1 is 1.33 bits per heavy atom. The molecule has 1 rings (SSSR count). The van der Waals surface area contributed by atoms with Crippen LogP contribution in [0, 0.1) is 0 Å². The summed E-state index contributed by atoms with van der Waals surface area (Å²) in [7, 11) is 1.76. The van der Waals surface area contributed by atoms with E-state index in [0.29, 0.717) is 12.1 Å². The van der Waals surface area contributed by atoms with Crippen LogP contribution in [0.25, 0.3) is 0 Å². The first-order valence-corrected chi connectivity index (χ1v) is 8.21. The average molecular weight is 313 g/mol. The molecule has 2 atom stereocenters. The third-order valence-electron chi connectivity index (χ3n) is 3.84. The minimum Gasteiger partial charge on any atom is -0.383 e. The molecule has 0 bridgehead atoms. The van der Waals surface area contributed by atoms with Crippen molar-refractivity contribution in [1.29, 1.82) is 0 Å². The molecule has 0 heterocycles. The van der Waals surface area contributed by atoms with Gasteiger partial charge in [-0.1, -0.05) is 37.6 Å². The summed E-state index contributed by atoms with van der Waals surface area (Å²) >= 11 is 6.12. The van der Waals surface area contributed by atoms with Crippen LogP contribution < -0.4 is 5.32 Å². The normalized spacial score (nSPS) is 14.4. The minimum atomic E-state index is 0.345. The maximum absolute atomic E-state index is 6.12. The van der Waals surface area contributed by atoms with Crippen molar-refractivity contribution in [1.82, 2.24) is 10.2 Å². The molecule has 120 valence electrons. The van der Waals surface area contributed by atoms with Gasteiger partial charge in [0.05, 0.1) is 6.61 Å². The van der Waals surface area contributed by atoms with Crippen LogP contribution in [0.5, 0.6) is 0 Å². The van der Waals surface area contributed by atoms with E-state index in [4.69, 9.17) is 16.3 Å². The van der Waals surface area contributed by atoms with Crippen molar-refractivity contribution in [3.8, 4) is 0 Å². The van der Waals surface area contributed by atoms with E-state index in [0.717, 1.165) is 37.7 Å². The summed E-state index contributed by atoms with van der Waals surface area (Å²) in [6.45, 7) is 10.4. The first kappa shape index (κ1) is 18.4. The van der Waals surface area contributed by atoms with E-state index >= 15 is 0 Å². The van der Waals surface area contributed by atoms with Gasteiger partial charge in [-0.2, -0.15) is 0 Å².